The molecular weight excluding hydrogens is 389 g/mol. The predicted octanol–water partition coefficient (Wildman–Crippen LogP) is 3.98. The minimum absolute atomic E-state index is 0.0351. The van der Waals surface area contributed by atoms with Gasteiger partial charge in [-0.15, -0.1) is 0 Å². The van der Waals surface area contributed by atoms with Crippen LogP contribution in [0.25, 0.3) is 33.3 Å². The Labute approximate surface area is 170 Å². The molecule has 1 aliphatic rings. The molecule has 152 valence electrons. The molecule has 0 spiro atoms. The fourth-order valence-corrected chi connectivity index (χ4v) is 3.35. The molecule has 0 unspecified atom stereocenters. The Bertz CT molecular complexity index is 1300. The fourth-order valence-electron chi connectivity index (χ4n) is 3.35. The van der Waals surface area contributed by atoms with Gasteiger partial charge >= 0.3 is 0 Å². The minimum Gasteiger partial charge on any atom is -0.497 e. The molecule has 4 aromatic rings. The van der Waals surface area contributed by atoms with Crippen molar-refractivity contribution < 1.29 is 18.3 Å². The van der Waals surface area contributed by atoms with Gasteiger partial charge in [-0.05, 0) is 18.9 Å². The van der Waals surface area contributed by atoms with Gasteiger partial charge in [0.25, 0.3) is 0 Å². The van der Waals surface area contributed by atoms with Gasteiger partial charge in [0.05, 0.1) is 12.7 Å². The van der Waals surface area contributed by atoms with Crippen molar-refractivity contribution >= 4 is 39.4 Å². The summed E-state index contributed by atoms with van der Waals surface area (Å²) in [4.78, 5) is 25.3. The van der Waals surface area contributed by atoms with Gasteiger partial charge in [-0.25, -0.2) is 19.3 Å². The molecule has 1 aromatic carbocycles. The number of nitrogens with zero attached hydrogens (tertiary/aromatic N) is 3. The van der Waals surface area contributed by atoms with E-state index in [-0.39, 0.29) is 23.3 Å². The Balaban J connectivity index is 1.66. The molecule has 0 bridgehead atoms. The van der Waals surface area contributed by atoms with Crippen molar-refractivity contribution in [3.8, 4) is 17.2 Å². The fraction of sp³-hybridized carbons (Fsp3) is 0.238. The summed E-state index contributed by atoms with van der Waals surface area (Å²) in [5.74, 6) is 1.06. The van der Waals surface area contributed by atoms with Crippen LogP contribution in [0.1, 0.15) is 12.8 Å². The van der Waals surface area contributed by atoms with E-state index in [1.165, 1.54) is 13.2 Å². The topological polar surface area (TPSA) is 102 Å². The molecule has 8 nitrogen and oxygen atoms in total. The number of halogens is 1. The van der Waals surface area contributed by atoms with E-state index in [9.17, 15) is 9.18 Å². The van der Waals surface area contributed by atoms with Crippen LogP contribution in [0.2, 0.25) is 0 Å². The third-order valence-electron chi connectivity index (χ3n) is 5.09. The quantitative estimate of drug-likeness (QED) is 0.516. The van der Waals surface area contributed by atoms with Crippen LogP contribution in [0, 0.1) is 11.7 Å². The van der Waals surface area contributed by atoms with Gasteiger partial charge < -0.3 is 19.8 Å². The lowest BCUT2D eigenvalue weighted by molar-refractivity contribution is -0.117. The molecule has 0 atom stereocenters. The number of aromatic nitrogens is 3. The van der Waals surface area contributed by atoms with Crippen molar-refractivity contribution in [1.82, 2.24) is 15.0 Å². The Morgan fingerprint density at radius 2 is 2.03 bits per heavy atom. The lowest BCUT2D eigenvalue weighted by Gasteiger charge is -2.10. The van der Waals surface area contributed by atoms with Gasteiger partial charge in [0, 0.05) is 48.3 Å². The summed E-state index contributed by atoms with van der Waals surface area (Å²) in [6.07, 6.45) is 5.03. The number of benzene rings is 1. The van der Waals surface area contributed by atoms with Gasteiger partial charge in [-0.2, -0.15) is 0 Å². The molecule has 1 saturated carbocycles. The molecular formula is C21H18FN5O3. The first-order chi connectivity index (χ1) is 14.6. The summed E-state index contributed by atoms with van der Waals surface area (Å²) in [6, 6.07) is 4.60. The normalized spacial score (nSPS) is 13.6. The molecule has 9 heteroatoms. The van der Waals surface area contributed by atoms with Crippen LogP contribution in [-0.4, -0.2) is 35.0 Å². The van der Waals surface area contributed by atoms with E-state index in [1.54, 1.807) is 31.6 Å². The molecule has 3 aromatic heterocycles. The summed E-state index contributed by atoms with van der Waals surface area (Å²) in [7, 11) is 3.21. The van der Waals surface area contributed by atoms with Crippen LogP contribution >= 0.6 is 0 Å². The van der Waals surface area contributed by atoms with E-state index in [4.69, 9.17) is 9.15 Å². The largest absolute Gasteiger partial charge is 0.497 e. The zero-order valence-corrected chi connectivity index (χ0v) is 16.3. The number of fused-ring (bicyclic) bond motifs is 2. The van der Waals surface area contributed by atoms with Crippen LogP contribution in [-0.2, 0) is 4.79 Å². The summed E-state index contributed by atoms with van der Waals surface area (Å²) in [5, 5.41) is 7.31. The van der Waals surface area contributed by atoms with Crippen molar-refractivity contribution in [3.63, 3.8) is 0 Å². The number of rotatable bonds is 5. The number of pyridine rings is 2. The highest BCUT2D eigenvalue weighted by molar-refractivity contribution is 6.03. The van der Waals surface area contributed by atoms with Gasteiger partial charge in [0.2, 0.25) is 11.8 Å². The monoisotopic (exact) mass is 407 g/mol. The van der Waals surface area contributed by atoms with E-state index >= 15 is 0 Å². The first kappa shape index (κ1) is 18.3. The highest BCUT2D eigenvalue weighted by Gasteiger charge is 2.30. The van der Waals surface area contributed by atoms with Gasteiger partial charge in [-0.3, -0.25) is 4.79 Å². The van der Waals surface area contributed by atoms with E-state index in [0.717, 1.165) is 23.6 Å². The second-order valence-corrected chi connectivity index (χ2v) is 7.13. The maximum atomic E-state index is 14.4. The number of anilines is 2. The molecule has 0 aliphatic heterocycles. The number of ether oxygens (including phenoxy) is 1. The van der Waals surface area contributed by atoms with Crippen LogP contribution in [0.3, 0.4) is 0 Å². The second-order valence-electron chi connectivity index (χ2n) is 7.13. The lowest BCUT2D eigenvalue weighted by Crippen LogP contribution is -2.14. The maximum absolute atomic E-state index is 14.4. The van der Waals surface area contributed by atoms with Crippen molar-refractivity contribution in [2.75, 3.05) is 24.8 Å². The predicted molar refractivity (Wildman–Crippen MR) is 110 cm³/mol. The number of carbonyl (C=O) groups is 1. The van der Waals surface area contributed by atoms with Gasteiger partial charge in [-0.1, -0.05) is 0 Å². The number of nitrogens with one attached hydrogen (secondary N) is 2. The maximum Gasteiger partial charge on any atom is 0.229 e. The van der Waals surface area contributed by atoms with E-state index in [2.05, 4.69) is 25.6 Å². The molecule has 30 heavy (non-hydrogen) atoms. The average molecular weight is 407 g/mol. The van der Waals surface area contributed by atoms with Gasteiger partial charge in [0.1, 0.15) is 22.9 Å². The average Bonchev–Trinajstić information content (AvgIpc) is 3.52. The highest BCUT2D eigenvalue weighted by atomic mass is 19.1. The smallest absolute Gasteiger partial charge is 0.229 e. The van der Waals surface area contributed by atoms with Crippen molar-refractivity contribution in [1.29, 1.82) is 0 Å². The SMILES string of the molecule is CNc1ncc(-c2nc3cc(OC)cc(F)c3o2)c2cc(NC(=O)C3CC3)ncc12. The first-order valence-corrected chi connectivity index (χ1v) is 9.49. The first-order valence-electron chi connectivity index (χ1n) is 9.49. The van der Waals surface area contributed by atoms with Crippen LogP contribution in [0.4, 0.5) is 16.0 Å². The van der Waals surface area contributed by atoms with Crippen LogP contribution in [0.5, 0.6) is 5.75 Å². The number of carbonyl (C=O) groups excluding carboxylic acids is 1. The number of amides is 1. The van der Waals surface area contributed by atoms with Crippen molar-refractivity contribution in [2.24, 2.45) is 5.92 Å². The molecule has 2 N–H and O–H groups in total. The summed E-state index contributed by atoms with van der Waals surface area (Å²) >= 11 is 0. The third-order valence-corrected chi connectivity index (χ3v) is 5.09. The molecule has 1 aliphatic carbocycles. The van der Waals surface area contributed by atoms with Crippen molar-refractivity contribution in [3.05, 3.63) is 36.4 Å². The van der Waals surface area contributed by atoms with Gasteiger partial charge in [0.15, 0.2) is 11.4 Å². The molecule has 3 heterocycles. The van der Waals surface area contributed by atoms with E-state index < -0.39 is 5.82 Å². The van der Waals surface area contributed by atoms with E-state index in [0.29, 0.717) is 28.5 Å². The Morgan fingerprint density at radius 3 is 2.77 bits per heavy atom. The number of hydrogen-bond acceptors (Lipinski definition) is 7. The van der Waals surface area contributed by atoms with Crippen LogP contribution in [0.15, 0.2) is 35.0 Å². The molecule has 1 fully saturated rings. The Hall–Kier alpha value is -3.75. The van der Waals surface area contributed by atoms with Crippen molar-refractivity contribution in [2.45, 2.75) is 12.8 Å². The number of methoxy groups -OCH3 is 1. The molecule has 5 rings (SSSR count). The third kappa shape index (κ3) is 3.08. The molecule has 1 amide bonds. The lowest BCUT2D eigenvalue weighted by atomic mass is 10.1. The Kier molecular flexibility index (Phi) is 4.23. The second kappa shape index (κ2) is 6.94. The summed E-state index contributed by atoms with van der Waals surface area (Å²) in [5.41, 5.74) is 0.930. The summed E-state index contributed by atoms with van der Waals surface area (Å²) < 4.78 is 25.2. The minimum atomic E-state index is -0.564. The standard InChI is InChI=1S/C21H18FN5O3/c1-23-19-13-8-24-17(27-20(28)10-3-4-10)7-12(13)14(9-25-19)21-26-16-6-11(29-2)5-15(22)18(16)30-21/h5-10H,3-4H2,1-2H3,(H,23,25)(H,24,27,28). The zero-order valence-electron chi connectivity index (χ0n) is 16.3. The molecule has 0 radical (unpaired) electrons. The van der Waals surface area contributed by atoms with Crippen LogP contribution < -0.4 is 15.4 Å². The highest BCUT2D eigenvalue weighted by Crippen LogP contribution is 2.36. The molecule has 0 saturated heterocycles. The number of hydrogen-bond donors (Lipinski definition) is 2. The summed E-state index contributed by atoms with van der Waals surface area (Å²) in [6.45, 7) is 0. The number of oxazole rings is 1. The van der Waals surface area contributed by atoms with E-state index in [1.807, 2.05) is 0 Å². The zero-order chi connectivity index (χ0) is 20.8. The Morgan fingerprint density at radius 1 is 1.20 bits per heavy atom.